The highest BCUT2D eigenvalue weighted by atomic mass is 16.2. The van der Waals surface area contributed by atoms with E-state index in [0.29, 0.717) is 24.8 Å². The molecule has 0 aromatic heterocycles. The average molecular weight is 355 g/mol. The van der Waals surface area contributed by atoms with Crippen molar-refractivity contribution in [3.63, 3.8) is 0 Å². The average Bonchev–Trinajstić information content (AvgIpc) is 2.59. The van der Waals surface area contributed by atoms with Crippen LogP contribution in [-0.2, 0) is 14.4 Å². The van der Waals surface area contributed by atoms with Crippen LogP contribution in [0.15, 0.2) is 47.2 Å². The van der Waals surface area contributed by atoms with Crippen molar-refractivity contribution in [2.75, 3.05) is 0 Å². The second-order valence-corrected chi connectivity index (χ2v) is 7.09. The molecular weight excluding hydrogens is 326 g/mol. The number of Topliss-reactive ketones (excluding diaryl/α,β-unsaturated/α-hetero) is 1. The minimum Gasteiger partial charge on any atom is -0.323 e. The van der Waals surface area contributed by atoms with Gasteiger partial charge in [-0.3, -0.25) is 14.4 Å². The van der Waals surface area contributed by atoms with Gasteiger partial charge in [0.1, 0.15) is 0 Å². The number of hydrogen-bond donors (Lipinski definition) is 1. The summed E-state index contributed by atoms with van der Waals surface area (Å²) in [5.41, 5.74) is 1.65. The number of amides is 1. The van der Waals surface area contributed by atoms with Crippen LogP contribution in [0.5, 0.6) is 0 Å². The first-order valence-electron chi connectivity index (χ1n) is 9.67. The molecule has 1 N–H and O–H groups in total. The number of rotatable bonds is 0. The number of fused-ring (bicyclic) bond motifs is 2. The Labute approximate surface area is 156 Å². The van der Waals surface area contributed by atoms with E-state index in [1.807, 2.05) is 13.0 Å². The Morgan fingerprint density at radius 3 is 2.35 bits per heavy atom. The summed E-state index contributed by atoms with van der Waals surface area (Å²) in [5.74, 6) is -0.721. The topological polar surface area (TPSA) is 63.2 Å². The highest BCUT2D eigenvalue weighted by Gasteiger charge is 2.23. The molecule has 140 valence electrons. The third-order valence-corrected chi connectivity index (χ3v) is 4.66. The largest absolute Gasteiger partial charge is 0.323 e. The van der Waals surface area contributed by atoms with Crippen molar-refractivity contribution >= 4 is 17.5 Å². The van der Waals surface area contributed by atoms with Crippen LogP contribution in [-0.4, -0.2) is 17.5 Å². The standard InChI is InChI=1S/C22H29NO3/c1-17-12-10-8-6-4-2-3-5-7-9-11-13-21(25)23-20-16-19(24)15-18(14-17)22(20)26/h7,9,12,15-16H,2-6,8,10-11,13-14H2,1H3,(H,23,25)/b9-7+,17-12+. The quantitative estimate of drug-likeness (QED) is 0.515. The summed E-state index contributed by atoms with van der Waals surface area (Å²) in [6.07, 6.45) is 18.4. The van der Waals surface area contributed by atoms with Gasteiger partial charge in [-0.15, -0.1) is 0 Å². The van der Waals surface area contributed by atoms with E-state index in [1.54, 1.807) is 0 Å². The van der Waals surface area contributed by atoms with Crippen LogP contribution in [0.1, 0.15) is 71.1 Å². The Balaban J connectivity index is 2.07. The highest BCUT2D eigenvalue weighted by Crippen LogP contribution is 2.20. The Morgan fingerprint density at radius 1 is 0.846 bits per heavy atom. The van der Waals surface area contributed by atoms with E-state index in [1.165, 1.54) is 37.8 Å². The number of carbonyl (C=O) groups excluding carboxylic acids is 3. The molecule has 0 unspecified atom stereocenters. The molecule has 2 rings (SSSR count). The molecule has 4 heteroatoms. The zero-order chi connectivity index (χ0) is 18.8. The molecule has 2 aliphatic rings. The first-order chi connectivity index (χ1) is 12.6. The Bertz CT molecular complexity index is 665. The van der Waals surface area contributed by atoms with Gasteiger partial charge in [-0.05, 0) is 51.5 Å². The van der Waals surface area contributed by atoms with E-state index in [9.17, 15) is 14.4 Å². The van der Waals surface area contributed by atoms with Gasteiger partial charge >= 0.3 is 0 Å². The Hall–Kier alpha value is -2.23. The van der Waals surface area contributed by atoms with Crippen molar-refractivity contribution in [1.29, 1.82) is 0 Å². The van der Waals surface area contributed by atoms with E-state index < -0.39 is 0 Å². The molecule has 1 aliphatic heterocycles. The first kappa shape index (κ1) is 20.1. The lowest BCUT2D eigenvalue weighted by Gasteiger charge is -2.15. The summed E-state index contributed by atoms with van der Waals surface area (Å²) in [7, 11) is 0. The van der Waals surface area contributed by atoms with Gasteiger partial charge in [-0.25, -0.2) is 0 Å². The van der Waals surface area contributed by atoms with Gasteiger partial charge in [0.25, 0.3) is 0 Å². The molecule has 1 heterocycles. The van der Waals surface area contributed by atoms with Crippen molar-refractivity contribution < 1.29 is 14.4 Å². The fourth-order valence-electron chi connectivity index (χ4n) is 3.20. The second kappa shape index (κ2) is 10.7. The van der Waals surface area contributed by atoms with Crippen LogP contribution in [0.3, 0.4) is 0 Å². The number of allylic oxidation sites excluding steroid dienone is 7. The van der Waals surface area contributed by atoms with Gasteiger partial charge in [-0.2, -0.15) is 0 Å². The van der Waals surface area contributed by atoms with E-state index in [4.69, 9.17) is 0 Å². The van der Waals surface area contributed by atoms with E-state index in [-0.39, 0.29) is 23.2 Å². The molecule has 0 atom stereocenters. The first-order valence-corrected chi connectivity index (χ1v) is 9.67. The molecule has 2 bridgehead atoms. The van der Waals surface area contributed by atoms with Crippen molar-refractivity contribution in [3.8, 4) is 0 Å². The maximum absolute atomic E-state index is 12.6. The summed E-state index contributed by atoms with van der Waals surface area (Å²) >= 11 is 0. The van der Waals surface area contributed by atoms with Crippen LogP contribution < -0.4 is 5.32 Å². The van der Waals surface area contributed by atoms with Gasteiger partial charge in [0.2, 0.25) is 11.7 Å². The zero-order valence-corrected chi connectivity index (χ0v) is 15.7. The van der Waals surface area contributed by atoms with Crippen LogP contribution in [0, 0.1) is 0 Å². The summed E-state index contributed by atoms with van der Waals surface area (Å²) in [5, 5.41) is 2.62. The molecule has 0 spiro atoms. The molecule has 0 aromatic rings. The molecule has 0 saturated carbocycles. The molecular formula is C22H29NO3. The van der Waals surface area contributed by atoms with Crippen LogP contribution in [0.2, 0.25) is 0 Å². The van der Waals surface area contributed by atoms with Crippen molar-refractivity contribution in [1.82, 2.24) is 5.32 Å². The van der Waals surface area contributed by atoms with E-state index >= 15 is 0 Å². The molecule has 26 heavy (non-hydrogen) atoms. The summed E-state index contributed by atoms with van der Waals surface area (Å²) in [6, 6.07) is 0. The number of nitrogens with one attached hydrogen (secondary N) is 1. The summed E-state index contributed by atoms with van der Waals surface area (Å²) in [6.45, 7) is 1.99. The molecule has 0 saturated heterocycles. The fraction of sp³-hybridized carbons (Fsp3) is 0.500. The monoisotopic (exact) mass is 355 g/mol. The number of hydrogen-bond acceptors (Lipinski definition) is 3. The van der Waals surface area contributed by atoms with Gasteiger partial charge in [-0.1, -0.05) is 43.1 Å². The van der Waals surface area contributed by atoms with Gasteiger partial charge in [0, 0.05) is 18.1 Å². The third kappa shape index (κ3) is 6.95. The third-order valence-electron chi connectivity index (χ3n) is 4.66. The van der Waals surface area contributed by atoms with Crippen LogP contribution in [0.4, 0.5) is 0 Å². The molecule has 0 radical (unpaired) electrons. The Kier molecular flexibility index (Phi) is 8.26. The van der Waals surface area contributed by atoms with Crippen molar-refractivity contribution in [2.24, 2.45) is 0 Å². The molecule has 0 aromatic carbocycles. The summed E-state index contributed by atoms with van der Waals surface area (Å²) in [4.78, 5) is 36.5. The number of ketones is 2. The maximum atomic E-state index is 12.6. The molecule has 4 nitrogen and oxygen atoms in total. The van der Waals surface area contributed by atoms with Gasteiger partial charge in [0.05, 0.1) is 5.70 Å². The predicted octanol–water partition coefficient (Wildman–Crippen LogP) is 4.48. The second-order valence-electron chi connectivity index (χ2n) is 7.09. The Morgan fingerprint density at radius 2 is 1.54 bits per heavy atom. The fourth-order valence-corrected chi connectivity index (χ4v) is 3.20. The van der Waals surface area contributed by atoms with Crippen molar-refractivity contribution in [3.05, 3.63) is 47.2 Å². The summed E-state index contributed by atoms with van der Waals surface area (Å²) < 4.78 is 0. The lowest BCUT2D eigenvalue weighted by molar-refractivity contribution is -0.122. The smallest absolute Gasteiger partial charge is 0.224 e. The van der Waals surface area contributed by atoms with Crippen LogP contribution in [0.25, 0.3) is 0 Å². The highest BCUT2D eigenvalue weighted by molar-refractivity contribution is 6.21. The SMILES string of the molecule is C/C1=C\CCCCCCC/C=C/CCC(=O)NC2=CC(=O)C=C(C1)C2=O. The van der Waals surface area contributed by atoms with Crippen LogP contribution >= 0.6 is 0 Å². The lowest BCUT2D eigenvalue weighted by Crippen LogP contribution is -2.30. The maximum Gasteiger partial charge on any atom is 0.224 e. The number of carbonyl (C=O) groups is 3. The molecule has 1 amide bonds. The van der Waals surface area contributed by atoms with Gasteiger partial charge in [0.15, 0.2) is 5.78 Å². The van der Waals surface area contributed by atoms with E-state index in [0.717, 1.165) is 24.8 Å². The van der Waals surface area contributed by atoms with Crippen molar-refractivity contribution in [2.45, 2.75) is 71.1 Å². The zero-order valence-electron chi connectivity index (χ0n) is 15.7. The lowest BCUT2D eigenvalue weighted by atomic mass is 9.94. The van der Waals surface area contributed by atoms with E-state index in [2.05, 4.69) is 17.5 Å². The molecule has 0 fully saturated rings. The normalized spacial score (nSPS) is 24.8. The minimum atomic E-state index is -0.251. The predicted molar refractivity (Wildman–Crippen MR) is 103 cm³/mol. The van der Waals surface area contributed by atoms with Gasteiger partial charge < -0.3 is 5.32 Å². The minimum absolute atomic E-state index is 0.104. The molecule has 1 aliphatic carbocycles.